The van der Waals surface area contributed by atoms with Crippen LogP contribution in [-0.2, 0) is 19.4 Å². The minimum atomic E-state index is 0.0312. The Morgan fingerprint density at radius 3 is 2.63 bits per heavy atom. The van der Waals surface area contributed by atoms with E-state index in [0.717, 1.165) is 80.1 Å². The van der Waals surface area contributed by atoms with Crippen LogP contribution in [0.15, 0.2) is 66.0 Å². The molecule has 0 atom stereocenters. The highest BCUT2D eigenvalue weighted by molar-refractivity contribution is 7.12. The number of carbonyl (C=O) groups is 1. The van der Waals surface area contributed by atoms with Gasteiger partial charge >= 0.3 is 0 Å². The molecule has 35 heavy (non-hydrogen) atoms. The second-order valence-corrected chi connectivity index (χ2v) is 9.71. The summed E-state index contributed by atoms with van der Waals surface area (Å²) < 4.78 is 8.31. The Bertz CT molecular complexity index is 1180. The van der Waals surface area contributed by atoms with Gasteiger partial charge in [-0.15, -0.1) is 11.3 Å². The third kappa shape index (κ3) is 7.18. The van der Waals surface area contributed by atoms with Crippen molar-refractivity contribution in [1.29, 1.82) is 0 Å². The van der Waals surface area contributed by atoms with Crippen LogP contribution in [0.4, 0.5) is 0 Å². The predicted molar refractivity (Wildman–Crippen MR) is 144 cm³/mol. The van der Waals surface area contributed by atoms with Crippen molar-refractivity contribution in [3.63, 3.8) is 0 Å². The van der Waals surface area contributed by atoms with Crippen LogP contribution in [0.5, 0.6) is 5.75 Å². The lowest BCUT2D eigenvalue weighted by Crippen LogP contribution is -2.23. The number of aryl methyl sites for hydroxylation is 3. The number of amides is 1. The fourth-order valence-electron chi connectivity index (χ4n) is 4.23. The highest BCUT2D eigenvalue weighted by Crippen LogP contribution is 2.19. The molecular weight excluding hydrogens is 454 g/mol. The van der Waals surface area contributed by atoms with Gasteiger partial charge < -0.3 is 14.6 Å². The van der Waals surface area contributed by atoms with Gasteiger partial charge in [0.2, 0.25) is 0 Å². The van der Waals surface area contributed by atoms with E-state index in [-0.39, 0.29) is 5.91 Å². The van der Waals surface area contributed by atoms with Crippen LogP contribution in [-0.4, -0.2) is 28.6 Å². The Kier molecular flexibility index (Phi) is 9.35. The van der Waals surface area contributed by atoms with E-state index in [0.29, 0.717) is 6.54 Å². The maximum absolute atomic E-state index is 12.0. The molecular formula is C29H35N3O2S. The summed E-state index contributed by atoms with van der Waals surface area (Å²) in [5, 5.41) is 4.94. The van der Waals surface area contributed by atoms with E-state index in [9.17, 15) is 4.79 Å². The van der Waals surface area contributed by atoms with Crippen molar-refractivity contribution >= 4 is 28.3 Å². The van der Waals surface area contributed by atoms with Crippen LogP contribution in [0.3, 0.4) is 0 Å². The summed E-state index contributed by atoms with van der Waals surface area (Å²) >= 11 is 1.48. The number of carbonyl (C=O) groups excluding carboxylic acids is 1. The Morgan fingerprint density at radius 1 is 0.971 bits per heavy atom. The third-order valence-corrected chi connectivity index (χ3v) is 7.09. The first-order valence-electron chi connectivity index (χ1n) is 12.7. The zero-order valence-electron chi connectivity index (χ0n) is 20.5. The van der Waals surface area contributed by atoms with Gasteiger partial charge in [-0.25, -0.2) is 4.98 Å². The van der Waals surface area contributed by atoms with Gasteiger partial charge in [0.15, 0.2) is 0 Å². The second-order valence-electron chi connectivity index (χ2n) is 8.77. The van der Waals surface area contributed by atoms with E-state index in [2.05, 4.69) is 65.3 Å². The zero-order chi connectivity index (χ0) is 24.3. The van der Waals surface area contributed by atoms with Gasteiger partial charge in [-0.1, -0.05) is 43.7 Å². The molecule has 0 radical (unpaired) electrons. The first-order chi connectivity index (χ1) is 17.2. The first kappa shape index (κ1) is 25.0. The molecule has 0 saturated heterocycles. The minimum Gasteiger partial charge on any atom is -0.494 e. The molecule has 0 saturated carbocycles. The quantitative estimate of drug-likeness (QED) is 0.201. The molecule has 1 N–H and O–H groups in total. The number of unbranched alkanes of at least 4 members (excludes halogenated alkanes) is 3. The van der Waals surface area contributed by atoms with Crippen molar-refractivity contribution in [3.8, 4) is 5.75 Å². The summed E-state index contributed by atoms with van der Waals surface area (Å²) in [6, 6.07) is 20.6. The van der Waals surface area contributed by atoms with E-state index in [1.165, 1.54) is 22.4 Å². The van der Waals surface area contributed by atoms with Gasteiger partial charge in [0.05, 0.1) is 22.5 Å². The molecule has 2 aromatic carbocycles. The summed E-state index contributed by atoms with van der Waals surface area (Å²) in [4.78, 5) is 17.7. The van der Waals surface area contributed by atoms with E-state index < -0.39 is 0 Å². The molecule has 184 valence electrons. The molecule has 6 heteroatoms. The summed E-state index contributed by atoms with van der Waals surface area (Å²) in [5.41, 5.74) is 3.61. The first-order valence-corrected chi connectivity index (χ1v) is 13.6. The average molecular weight is 490 g/mol. The number of para-hydroxylation sites is 2. The van der Waals surface area contributed by atoms with E-state index in [1.807, 2.05) is 17.5 Å². The lowest BCUT2D eigenvalue weighted by atomic mass is 10.2. The fraction of sp³-hybridized carbons (Fsp3) is 0.379. The molecule has 4 aromatic rings. The van der Waals surface area contributed by atoms with Crippen LogP contribution in [0.25, 0.3) is 11.0 Å². The standard InChI is InChI=1S/C29H35N3O2S/c1-2-23-15-17-24(18-16-23)34-21-9-8-20-32-26-12-6-5-11-25(26)31-28(32)14-4-3-7-19-30-29(33)27-13-10-22-35-27/h5-6,10-13,15-18,22H,2-4,7-9,14,19-21H2,1H3,(H,30,33). The van der Waals surface area contributed by atoms with Crippen molar-refractivity contribution in [2.24, 2.45) is 0 Å². The topological polar surface area (TPSA) is 56.1 Å². The number of rotatable bonds is 14. The van der Waals surface area contributed by atoms with Gasteiger partial charge in [0, 0.05) is 19.5 Å². The van der Waals surface area contributed by atoms with Crippen molar-refractivity contribution < 1.29 is 9.53 Å². The molecule has 0 bridgehead atoms. The molecule has 5 nitrogen and oxygen atoms in total. The highest BCUT2D eigenvalue weighted by atomic mass is 32.1. The van der Waals surface area contributed by atoms with Gasteiger partial charge in [-0.3, -0.25) is 4.79 Å². The van der Waals surface area contributed by atoms with Crippen molar-refractivity contribution in [2.75, 3.05) is 13.2 Å². The predicted octanol–water partition coefficient (Wildman–Crippen LogP) is 6.66. The van der Waals surface area contributed by atoms with Gasteiger partial charge in [0.25, 0.3) is 5.91 Å². The number of ether oxygens (including phenoxy) is 1. The third-order valence-electron chi connectivity index (χ3n) is 6.22. The van der Waals surface area contributed by atoms with E-state index >= 15 is 0 Å². The molecule has 2 aromatic heterocycles. The second kappa shape index (κ2) is 13.1. The maximum atomic E-state index is 12.0. The van der Waals surface area contributed by atoms with E-state index in [1.54, 1.807) is 0 Å². The molecule has 0 aliphatic heterocycles. The SMILES string of the molecule is CCc1ccc(OCCCCn2c(CCCCCNC(=O)c3cccs3)nc3ccccc32)cc1. The highest BCUT2D eigenvalue weighted by Gasteiger charge is 2.10. The number of imidazole rings is 1. The fourth-order valence-corrected chi connectivity index (χ4v) is 4.87. The lowest BCUT2D eigenvalue weighted by Gasteiger charge is -2.11. The van der Waals surface area contributed by atoms with Crippen LogP contribution in [0.2, 0.25) is 0 Å². The molecule has 0 unspecified atom stereocenters. The van der Waals surface area contributed by atoms with Gasteiger partial charge in [0.1, 0.15) is 11.6 Å². The number of fused-ring (bicyclic) bond motifs is 1. The van der Waals surface area contributed by atoms with Gasteiger partial charge in [-0.05, 0) is 73.4 Å². The number of hydrogen-bond donors (Lipinski definition) is 1. The zero-order valence-corrected chi connectivity index (χ0v) is 21.4. The summed E-state index contributed by atoms with van der Waals surface area (Å²) in [6.45, 7) is 4.56. The van der Waals surface area contributed by atoms with Crippen LogP contribution < -0.4 is 10.1 Å². The number of aromatic nitrogens is 2. The number of nitrogens with zero attached hydrogens (tertiary/aromatic N) is 2. The molecule has 0 fully saturated rings. The number of thiophene rings is 1. The number of benzene rings is 2. The van der Waals surface area contributed by atoms with Crippen LogP contribution >= 0.6 is 11.3 Å². The average Bonchev–Trinajstić information content (AvgIpc) is 3.55. The molecule has 0 spiro atoms. The molecule has 1 amide bonds. The van der Waals surface area contributed by atoms with Crippen LogP contribution in [0.1, 0.15) is 60.1 Å². The van der Waals surface area contributed by atoms with E-state index in [4.69, 9.17) is 9.72 Å². The van der Waals surface area contributed by atoms with Crippen LogP contribution in [0, 0.1) is 0 Å². The van der Waals surface area contributed by atoms with Crippen molar-refractivity contribution in [2.45, 2.75) is 58.4 Å². The monoisotopic (exact) mass is 489 g/mol. The molecule has 0 aliphatic rings. The summed E-state index contributed by atoms with van der Waals surface area (Å²) in [5.74, 6) is 2.14. The molecule has 0 aliphatic carbocycles. The molecule has 2 heterocycles. The Labute approximate surface area is 212 Å². The number of nitrogens with one attached hydrogen (secondary N) is 1. The lowest BCUT2D eigenvalue weighted by molar-refractivity contribution is 0.0957. The smallest absolute Gasteiger partial charge is 0.261 e. The Morgan fingerprint density at radius 2 is 1.83 bits per heavy atom. The normalized spacial score (nSPS) is 11.1. The molecule has 4 rings (SSSR count). The Balaban J connectivity index is 1.21. The minimum absolute atomic E-state index is 0.0312. The summed E-state index contributed by atoms with van der Waals surface area (Å²) in [6.07, 6.45) is 7.17. The maximum Gasteiger partial charge on any atom is 0.261 e. The largest absolute Gasteiger partial charge is 0.494 e. The van der Waals surface area contributed by atoms with Crippen molar-refractivity contribution in [3.05, 3.63) is 82.3 Å². The summed E-state index contributed by atoms with van der Waals surface area (Å²) in [7, 11) is 0. The Hall–Kier alpha value is -3.12. The van der Waals surface area contributed by atoms with Crippen molar-refractivity contribution in [1.82, 2.24) is 14.9 Å². The van der Waals surface area contributed by atoms with Gasteiger partial charge in [-0.2, -0.15) is 0 Å². The number of hydrogen-bond acceptors (Lipinski definition) is 4.